The first-order valence-corrected chi connectivity index (χ1v) is 10.7. The lowest BCUT2D eigenvalue weighted by atomic mass is 9.90. The number of hydrogen-bond acceptors (Lipinski definition) is 6. The third-order valence-corrected chi connectivity index (χ3v) is 5.67. The normalized spacial score (nSPS) is 15.6. The van der Waals surface area contributed by atoms with Crippen LogP contribution in [-0.2, 0) is 11.2 Å². The SMILES string of the molecule is CC(C)Nc1cncc(-c2ccc3cnc(CC(=O)C4CCN(C)CC4)cc3c2)n1. The Morgan fingerprint density at radius 3 is 2.70 bits per heavy atom. The average molecular weight is 404 g/mol. The maximum absolute atomic E-state index is 12.7. The lowest BCUT2D eigenvalue weighted by molar-refractivity contribution is -0.123. The molecule has 2 aromatic heterocycles. The maximum Gasteiger partial charge on any atom is 0.145 e. The van der Waals surface area contributed by atoms with E-state index in [-0.39, 0.29) is 5.92 Å². The predicted octanol–water partition coefficient (Wildman–Crippen LogP) is 3.97. The molecule has 1 saturated heterocycles. The molecular formula is C24H29N5O. The van der Waals surface area contributed by atoms with Crippen LogP contribution in [0.2, 0.25) is 0 Å². The molecule has 0 bridgehead atoms. The zero-order valence-electron chi connectivity index (χ0n) is 17.9. The molecule has 3 heterocycles. The van der Waals surface area contributed by atoms with Crippen molar-refractivity contribution in [1.29, 1.82) is 0 Å². The van der Waals surface area contributed by atoms with Crippen molar-refractivity contribution in [3.63, 3.8) is 0 Å². The summed E-state index contributed by atoms with van der Waals surface area (Å²) in [7, 11) is 2.11. The van der Waals surface area contributed by atoms with E-state index in [4.69, 9.17) is 0 Å². The minimum absolute atomic E-state index is 0.163. The molecule has 1 aromatic carbocycles. The van der Waals surface area contributed by atoms with Gasteiger partial charge in [0.05, 0.1) is 18.1 Å². The molecule has 6 nitrogen and oxygen atoms in total. The highest BCUT2D eigenvalue weighted by Gasteiger charge is 2.23. The third-order valence-electron chi connectivity index (χ3n) is 5.67. The van der Waals surface area contributed by atoms with E-state index in [1.165, 1.54) is 0 Å². The van der Waals surface area contributed by atoms with Crippen molar-refractivity contribution >= 4 is 22.4 Å². The molecule has 3 aromatic rings. The summed E-state index contributed by atoms with van der Waals surface area (Å²) in [5.41, 5.74) is 2.66. The van der Waals surface area contributed by atoms with E-state index >= 15 is 0 Å². The molecule has 0 unspecified atom stereocenters. The van der Waals surface area contributed by atoms with Gasteiger partial charge < -0.3 is 10.2 Å². The highest BCUT2D eigenvalue weighted by atomic mass is 16.1. The Balaban J connectivity index is 1.55. The minimum atomic E-state index is 0.163. The number of carbonyl (C=O) groups excluding carboxylic acids is 1. The number of nitrogens with zero attached hydrogens (tertiary/aromatic N) is 4. The number of ketones is 1. The Morgan fingerprint density at radius 1 is 1.13 bits per heavy atom. The summed E-state index contributed by atoms with van der Waals surface area (Å²) in [6, 6.07) is 8.52. The predicted molar refractivity (Wildman–Crippen MR) is 120 cm³/mol. The Hall–Kier alpha value is -2.86. The van der Waals surface area contributed by atoms with Crippen LogP contribution < -0.4 is 5.32 Å². The topological polar surface area (TPSA) is 71.0 Å². The molecular weight excluding hydrogens is 374 g/mol. The van der Waals surface area contributed by atoms with Gasteiger partial charge in [-0.1, -0.05) is 12.1 Å². The molecule has 1 aliphatic rings. The van der Waals surface area contributed by atoms with Gasteiger partial charge in [-0.05, 0) is 64.3 Å². The van der Waals surface area contributed by atoms with Crippen LogP contribution in [0.15, 0.2) is 42.9 Å². The smallest absolute Gasteiger partial charge is 0.145 e. The molecule has 156 valence electrons. The van der Waals surface area contributed by atoms with Gasteiger partial charge >= 0.3 is 0 Å². The van der Waals surface area contributed by atoms with Gasteiger partial charge in [0.15, 0.2) is 0 Å². The Morgan fingerprint density at radius 2 is 1.93 bits per heavy atom. The molecule has 0 amide bonds. The van der Waals surface area contributed by atoms with E-state index in [0.29, 0.717) is 18.2 Å². The standard InChI is InChI=1S/C24H29N5O/c1-16(2)27-24-15-25-14-22(28-24)18-4-5-19-13-26-21(11-20(19)10-18)12-23(30)17-6-8-29(3)9-7-17/h4-5,10-11,13-17H,6-9,12H2,1-3H3,(H,27,28). The highest BCUT2D eigenvalue weighted by molar-refractivity contribution is 5.88. The quantitative estimate of drug-likeness (QED) is 0.672. The molecule has 30 heavy (non-hydrogen) atoms. The van der Waals surface area contributed by atoms with Gasteiger partial charge in [-0.15, -0.1) is 0 Å². The molecule has 0 aliphatic carbocycles. The van der Waals surface area contributed by atoms with Crippen molar-refractivity contribution in [2.45, 2.75) is 39.2 Å². The third kappa shape index (κ3) is 4.82. The summed E-state index contributed by atoms with van der Waals surface area (Å²) < 4.78 is 0. The van der Waals surface area contributed by atoms with Gasteiger partial charge in [0.1, 0.15) is 11.6 Å². The van der Waals surface area contributed by atoms with Crippen molar-refractivity contribution < 1.29 is 4.79 Å². The largest absolute Gasteiger partial charge is 0.367 e. The van der Waals surface area contributed by atoms with Crippen LogP contribution in [0.25, 0.3) is 22.0 Å². The van der Waals surface area contributed by atoms with E-state index in [1.807, 2.05) is 24.4 Å². The summed E-state index contributed by atoms with van der Waals surface area (Å²) in [6.07, 6.45) is 7.68. The molecule has 1 N–H and O–H groups in total. The highest BCUT2D eigenvalue weighted by Crippen LogP contribution is 2.25. The second-order valence-corrected chi connectivity index (χ2v) is 8.55. The fourth-order valence-corrected chi connectivity index (χ4v) is 3.97. The second-order valence-electron chi connectivity index (χ2n) is 8.55. The van der Waals surface area contributed by atoms with E-state index in [9.17, 15) is 4.79 Å². The van der Waals surface area contributed by atoms with Crippen molar-refractivity contribution in [3.8, 4) is 11.3 Å². The fraction of sp³-hybridized carbons (Fsp3) is 0.417. The summed E-state index contributed by atoms with van der Waals surface area (Å²) >= 11 is 0. The first kappa shape index (κ1) is 20.4. The monoisotopic (exact) mass is 403 g/mol. The van der Waals surface area contributed by atoms with Gasteiger partial charge in [0.2, 0.25) is 0 Å². The average Bonchev–Trinajstić information content (AvgIpc) is 2.73. The Bertz CT molecular complexity index is 1040. The van der Waals surface area contributed by atoms with Crippen LogP contribution in [-0.4, -0.2) is 51.8 Å². The zero-order chi connectivity index (χ0) is 21.1. The number of hydrogen-bond donors (Lipinski definition) is 1. The number of Topliss-reactive ketones (excluding diaryl/α,β-unsaturated/α-hetero) is 1. The van der Waals surface area contributed by atoms with Crippen molar-refractivity contribution in [3.05, 3.63) is 48.5 Å². The van der Waals surface area contributed by atoms with Crippen molar-refractivity contribution in [1.82, 2.24) is 19.9 Å². The number of piperidine rings is 1. The summed E-state index contributed by atoms with van der Waals surface area (Å²) in [5, 5.41) is 5.41. The number of aromatic nitrogens is 3. The lowest BCUT2D eigenvalue weighted by Crippen LogP contribution is -2.34. The lowest BCUT2D eigenvalue weighted by Gasteiger charge is -2.27. The molecule has 0 spiro atoms. The molecule has 4 rings (SSSR count). The van der Waals surface area contributed by atoms with E-state index in [1.54, 1.807) is 12.4 Å². The van der Waals surface area contributed by atoms with Crippen LogP contribution in [0.5, 0.6) is 0 Å². The summed E-state index contributed by atoms with van der Waals surface area (Å²) in [4.78, 5) is 28.6. The first-order valence-electron chi connectivity index (χ1n) is 10.7. The van der Waals surface area contributed by atoms with Gasteiger partial charge in [-0.25, -0.2) is 4.98 Å². The van der Waals surface area contributed by atoms with Crippen LogP contribution in [0.1, 0.15) is 32.4 Å². The van der Waals surface area contributed by atoms with Crippen molar-refractivity contribution in [2.24, 2.45) is 5.92 Å². The summed E-state index contributed by atoms with van der Waals surface area (Å²) in [6.45, 7) is 6.14. The number of pyridine rings is 1. The van der Waals surface area contributed by atoms with Crippen LogP contribution in [0, 0.1) is 5.92 Å². The first-order chi connectivity index (χ1) is 14.5. The number of fused-ring (bicyclic) bond motifs is 1. The Kier molecular flexibility index (Phi) is 6.04. The van der Waals surface area contributed by atoms with E-state index in [0.717, 1.165) is 59.5 Å². The molecule has 1 aliphatic heterocycles. The number of rotatable bonds is 6. The minimum Gasteiger partial charge on any atom is -0.367 e. The number of likely N-dealkylation sites (tertiary alicyclic amines) is 1. The van der Waals surface area contributed by atoms with E-state index < -0.39 is 0 Å². The Labute approximate surface area is 177 Å². The molecule has 0 radical (unpaired) electrons. The van der Waals surface area contributed by atoms with Gasteiger partial charge in [0, 0.05) is 41.2 Å². The summed E-state index contributed by atoms with van der Waals surface area (Å²) in [5.74, 6) is 1.24. The van der Waals surface area contributed by atoms with Crippen LogP contribution in [0.4, 0.5) is 5.82 Å². The number of nitrogens with one attached hydrogen (secondary N) is 1. The fourth-order valence-electron chi connectivity index (χ4n) is 3.97. The van der Waals surface area contributed by atoms with Crippen LogP contribution in [0.3, 0.4) is 0 Å². The number of anilines is 1. The zero-order valence-corrected chi connectivity index (χ0v) is 17.9. The second kappa shape index (κ2) is 8.88. The molecule has 6 heteroatoms. The number of benzene rings is 1. The molecule has 1 fully saturated rings. The van der Waals surface area contributed by atoms with E-state index in [2.05, 4.69) is 52.1 Å². The van der Waals surface area contributed by atoms with Gasteiger partial charge in [-0.2, -0.15) is 0 Å². The van der Waals surface area contributed by atoms with Crippen LogP contribution >= 0.6 is 0 Å². The molecule has 0 atom stereocenters. The maximum atomic E-state index is 12.7. The van der Waals surface area contributed by atoms with Crippen molar-refractivity contribution in [2.75, 3.05) is 25.5 Å². The molecule has 0 saturated carbocycles. The van der Waals surface area contributed by atoms with Gasteiger partial charge in [-0.3, -0.25) is 14.8 Å². The van der Waals surface area contributed by atoms with Gasteiger partial charge in [0.25, 0.3) is 0 Å². The number of carbonyl (C=O) groups is 1.